The Hall–Kier alpha value is -1.80. The van der Waals surface area contributed by atoms with E-state index >= 15 is 0 Å². The van der Waals surface area contributed by atoms with Crippen LogP contribution in [0, 0.1) is 0 Å². The largest absolute Gasteiger partial charge is 0.303 e. The van der Waals surface area contributed by atoms with E-state index in [-0.39, 0.29) is 0 Å². The summed E-state index contributed by atoms with van der Waals surface area (Å²) < 4.78 is 0. The van der Waals surface area contributed by atoms with Gasteiger partial charge in [-0.05, 0) is 24.0 Å². The monoisotopic (exact) mass is 410 g/mol. The lowest BCUT2D eigenvalue weighted by Gasteiger charge is -2.26. The van der Waals surface area contributed by atoms with Crippen molar-refractivity contribution in [1.82, 2.24) is 31.1 Å². The van der Waals surface area contributed by atoms with E-state index in [1.807, 2.05) is 0 Å². The number of benzene rings is 2. The van der Waals surface area contributed by atoms with Gasteiger partial charge < -0.3 is 21.3 Å². The Morgan fingerprint density at radius 3 is 1.17 bits per heavy atom. The van der Waals surface area contributed by atoms with Gasteiger partial charge in [0, 0.05) is 65.9 Å². The zero-order valence-electron chi connectivity index (χ0n) is 18.2. The Morgan fingerprint density at radius 2 is 0.833 bits per heavy atom. The van der Waals surface area contributed by atoms with E-state index in [0.29, 0.717) is 0 Å². The van der Waals surface area contributed by atoms with Gasteiger partial charge >= 0.3 is 0 Å². The van der Waals surface area contributed by atoms with E-state index in [2.05, 4.69) is 91.7 Å². The summed E-state index contributed by atoms with van der Waals surface area (Å²) in [5.41, 5.74) is 2.80. The Bertz CT molecular complexity index is 590. The van der Waals surface area contributed by atoms with Crippen LogP contribution in [0.3, 0.4) is 0 Å². The molecule has 6 nitrogen and oxygen atoms in total. The van der Waals surface area contributed by atoms with Gasteiger partial charge in [-0.2, -0.15) is 0 Å². The number of hydrogen-bond acceptors (Lipinski definition) is 6. The second-order valence-corrected chi connectivity index (χ2v) is 7.89. The maximum absolute atomic E-state index is 3.59. The first-order valence-corrected chi connectivity index (χ1v) is 11.3. The second kappa shape index (κ2) is 14.2. The molecular formula is C24H38N6. The molecule has 2 aromatic carbocycles. The van der Waals surface area contributed by atoms with Gasteiger partial charge in [0.15, 0.2) is 0 Å². The van der Waals surface area contributed by atoms with E-state index < -0.39 is 0 Å². The Balaban J connectivity index is 1.39. The average Bonchev–Trinajstić information content (AvgIpc) is 2.80. The summed E-state index contributed by atoms with van der Waals surface area (Å²) in [4.78, 5) is 4.90. The molecule has 1 saturated heterocycles. The Kier molecular flexibility index (Phi) is 10.9. The van der Waals surface area contributed by atoms with Crippen LogP contribution in [0.15, 0.2) is 60.7 Å². The van der Waals surface area contributed by atoms with Gasteiger partial charge in [0.1, 0.15) is 0 Å². The second-order valence-electron chi connectivity index (χ2n) is 7.89. The topological polar surface area (TPSA) is 54.6 Å². The molecule has 0 bridgehead atoms. The highest BCUT2D eigenvalue weighted by molar-refractivity contribution is 5.15. The van der Waals surface area contributed by atoms with E-state index in [1.165, 1.54) is 11.1 Å². The maximum atomic E-state index is 3.59. The fraction of sp³-hybridized carbons (Fsp3) is 0.500. The SMILES string of the molecule is c1ccc(CCN2CNCCNCN(CCc3ccccc3)CNCCNC2)cc1. The standard InChI is InChI=1S/C24H38N6/c1-3-7-23(8-4-1)11-17-29-19-25-13-15-27-21-30(22-28-16-14-26-20-29)18-12-24-9-5-2-6-10-24/h1-10,25-28H,11-22H2. The molecule has 0 unspecified atom stereocenters. The highest BCUT2D eigenvalue weighted by Gasteiger charge is 2.07. The summed E-state index contributed by atoms with van der Waals surface area (Å²) in [7, 11) is 0. The van der Waals surface area contributed by atoms with Crippen LogP contribution < -0.4 is 21.3 Å². The van der Waals surface area contributed by atoms with Crippen LogP contribution in [-0.4, -0.2) is 75.7 Å². The zero-order chi connectivity index (χ0) is 20.7. The molecule has 1 aliphatic rings. The summed E-state index contributed by atoms with van der Waals surface area (Å²) in [6, 6.07) is 21.5. The first kappa shape index (κ1) is 22.9. The number of nitrogens with zero attached hydrogens (tertiary/aromatic N) is 2. The van der Waals surface area contributed by atoms with Gasteiger partial charge in [-0.1, -0.05) is 60.7 Å². The summed E-state index contributed by atoms with van der Waals surface area (Å²) in [6.45, 7) is 9.64. The fourth-order valence-electron chi connectivity index (χ4n) is 3.59. The number of hydrogen-bond donors (Lipinski definition) is 4. The van der Waals surface area contributed by atoms with Gasteiger partial charge in [-0.25, -0.2) is 0 Å². The minimum atomic E-state index is 0.909. The molecule has 2 aromatic rings. The van der Waals surface area contributed by atoms with E-state index in [4.69, 9.17) is 0 Å². The third-order valence-electron chi connectivity index (χ3n) is 5.42. The number of rotatable bonds is 6. The molecule has 1 fully saturated rings. The van der Waals surface area contributed by atoms with Crippen molar-refractivity contribution < 1.29 is 0 Å². The quantitative estimate of drug-likeness (QED) is 0.576. The van der Waals surface area contributed by atoms with Crippen LogP contribution in [0.25, 0.3) is 0 Å². The van der Waals surface area contributed by atoms with Gasteiger partial charge in [0.2, 0.25) is 0 Å². The molecule has 0 atom stereocenters. The number of nitrogens with one attached hydrogen (secondary N) is 4. The van der Waals surface area contributed by atoms with Crippen LogP contribution >= 0.6 is 0 Å². The third-order valence-corrected chi connectivity index (χ3v) is 5.42. The summed E-state index contributed by atoms with van der Waals surface area (Å²) >= 11 is 0. The van der Waals surface area contributed by atoms with Crippen molar-refractivity contribution in [1.29, 1.82) is 0 Å². The van der Waals surface area contributed by atoms with Crippen molar-refractivity contribution in [3.8, 4) is 0 Å². The first-order valence-electron chi connectivity index (χ1n) is 11.3. The highest BCUT2D eigenvalue weighted by atomic mass is 15.3. The van der Waals surface area contributed by atoms with E-state index in [1.54, 1.807) is 0 Å². The molecular weight excluding hydrogens is 372 g/mol. The minimum Gasteiger partial charge on any atom is -0.303 e. The minimum absolute atomic E-state index is 0.909. The molecule has 0 aromatic heterocycles. The van der Waals surface area contributed by atoms with Crippen LogP contribution in [-0.2, 0) is 12.8 Å². The van der Waals surface area contributed by atoms with E-state index in [0.717, 1.165) is 78.8 Å². The van der Waals surface area contributed by atoms with Crippen molar-refractivity contribution >= 4 is 0 Å². The molecule has 1 heterocycles. The molecule has 30 heavy (non-hydrogen) atoms. The molecule has 164 valence electrons. The van der Waals surface area contributed by atoms with Gasteiger partial charge in [0.25, 0.3) is 0 Å². The third kappa shape index (κ3) is 9.34. The van der Waals surface area contributed by atoms with Crippen molar-refractivity contribution in [2.24, 2.45) is 0 Å². The van der Waals surface area contributed by atoms with Gasteiger partial charge in [-0.3, -0.25) is 9.80 Å². The van der Waals surface area contributed by atoms with Crippen LogP contribution in [0.4, 0.5) is 0 Å². The van der Waals surface area contributed by atoms with Crippen molar-refractivity contribution in [2.75, 3.05) is 65.9 Å². The summed E-state index contributed by atoms with van der Waals surface area (Å²) in [5.74, 6) is 0. The maximum Gasteiger partial charge on any atom is 0.0493 e. The molecule has 0 amide bonds. The average molecular weight is 411 g/mol. The van der Waals surface area contributed by atoms with Gasteiger partial charge in [0.05, 0.1) is 0 Å². The van der Waals surface area contributed by atoms with Crippen LogP contribution in [0.2, 0.25) is 0 Å². The molecule has 0 spiro atoms. The lowest BCUT2D eigenvalue weighted by molar-refractivity contribution is 0.216. The van der Waals surface area contributed by atoms with Crippen LogP contribution in [0.5, 0.6) is 0 Å². The van der Waals surface area contributed by atoms with Crippen molar-refractivity contribution in [2.45, 2.75) is 12.8 Å². The zero-order valence-corrected chi connectivity index (χ0v) is 18.2. The fourth-order valence-corrected chi connectivity index (χ4v) is 3.59. The van der Waals surface area contributed by atoms with Crippen LogP contribution in [0.1, 0.15) is 11.1 Å². The lowest BCUT2D eigenvalue weighted by Crippen LogP contribution is -2.48. The Morgan fingerprint density at radius 1 is 0.500 bits per heavy atom. The van der Waals surface area contributed by atoms with Crippen molar-refractivity contribution in [3.05, 3.63) is 71.8 Å². The van der Waals surface area contributed by atoms with Gasteiger partial charge in [-0.15, -0.1) is 0 Å². The van der Waals surface area contributed by atoms with Crippen molar-refractivity contribution in [3.63, 3.8) is 0 Å². The smallest absolute Gasteiger partial charge is 0.0493 e. The molecule has 6 heteroatoms. The first-order chi connectivity index (χ1) is 14.9. The molecule has 0 aliphatic carbocycles. The molecule has 4 N–H and O–H groups in total. The predicted molar refractivity (Wildman–Crippen MR) is 125 cm³/mol. The predicted octanol–water partition coefficient (Wildman–Crippen LogP) is 1.28. The lowest BCUT2D eigenvalue weighted by atomic mass is 10.1. The normalized spacial score (nSPS) is 18.7. The molecule has 3 rings (SSSR count). The molecule has 0 radical (unpaired) electrons. The summed E-state index contributed by atoms with van der Waals surface area (Å²) in [6.07, 6.45) is 2.16. The highest BCUT2D eigenvalue weighted by Crippen LogP contribution is 2.02. The summed E-state index contributed by atoms with van der Waals surface area (Å²) in [5, 5.41) is 14.4. The molecule has 1 aliphatic heterocycles. The van der Waals surface area contributed by atoms with E-state index in [9.17, 15) is 0 Å². The Labute approximate surface area is 182 Å². The molecule has 0 saturated carbocycles.